The molecule has 8 heteroatoms. The van der Waals surface area contributed by atoms with Gasteiger partial charge in [-0.1, -0.05) is 6.92 Å². The minimum absolute atomic E-state index is 0.100. The number of fused-ring (bicyclic) bond motifs is 1. The predicted molar refractivity (Wildman–Crippen MR) is 103 cm³/mol. The average Bonchev–Trinajstić information content (AvgIpc) is 2.98. The summed E-state index contributed by atoms with van der Waals surface area (Å²) in [5, 5.41) is 13.9. The van der Waals surface area contributed by atoms with Gasteiger partial charge in [-0.2, -0.15) is 0 Å². The van der Waals surface area contributed by atoms with Crippen LogP contribution in [-0.2, 0) is 11.2 Å². The summed E-state index contributed by atoms with van der Waals surface area (Å²) in [5.41, 5.74) is 7.00. The Morgan fingerprint density at radius 2 is 2.19 bits per heavy atom. The van der Waals surface area contributed by atoms with Crippen molar-refractivity contribution in [1.29, 1.82) is 0 Å². The third-order valence-corrected chi connectivity index (χ3v) is 5.34. The molecule has 1 saturated heterocycles. The van der Waals surface area contributed by atoms with Gasteiger partial charge in [0.1, 0.15) is 5.60 Å². The number of rotatable bonds is 2. The van der Waals surface area contributed by atoms with Gasteiger partial charge in [0.2, 0.25) is 5.88 Å². The average molecular weight is 378 g/mol. The lowest BCUT2D eigenvalue weighted by Crippen LogP contribution is -2.65. The standard InChI is InChI=1S/C19H30N4O4/c1-11-9-23(15-12-6-7-26-16(12)21-8-13(15)20)10-14(19(11,5)25)22-17(24)27-18(2,3)4/h8,11,14,25H,6-7,9-10,20H2,1-5H3,(H,22,24)/t11-,14+,19-/m0/s1. The van der Waals surface area contributed by atoms with Crippen LogP contribution in [0.4, 0.5) is 16.2 Å². The number of nitrogens with one attached hydrogen (secondary N) is 1. The zero-order valence-corrected chi connectivity index (χ0v) is 16.7. The van der Waals surface area contributed by atoms with Gasteiger partial charge in [0.05, 0.1) is 35.8 Å². The van der Waals surface area contributed by atoms with Crippen LogP contribution in [0.1, 0.15) is 40.2 Å². The fraction of sp³-hybridized carbons (Fsp3) is 0.684. The number of pyridine rings is 1. The van der Waals surface area contributed by atoms with E-state index in [2.05, 4.69) is 15.2 Å². The van der Waals surface area contributed by atoms with Crippen molar-refractivity contribution in [1.82, 2.24) is 10.3 Å². The molecule has 3 atom stereocenters. The van der Waals surface area contributed by atoms with Gasteiger partial charge in [0.25, 0.3) is 0 Å². The van der Waals surface area contributed by atoms with Crippen molar-refractivity contribution >= 4 is 17.5 Å². The maximum absolute atomic E-state index is 12.3. The second kappa shape index (κ2) is 6.74. The highest BCUT2D eigenvalue weighted by atomic mass is 16.6. The molecule has 0 bridgehead atoms. The summed E-state index contributed by atoms with van der Waals surface area (Å²) < 4.78 is 10.9. The number of amides is 1. The summed E-state index contributed by atoms with van der Waals surface area (Å²) in [6.45, 7) is 10.7. The first-order chi connectivity index (χ1) is 12.5. The van der Waals surface area contributed by atoms with Gasteiger partial charge in [-0.25, -0.2) is 9.78 Å². The van der Waals surface area contributed by atoms with Crippen molar-refractivity contribution in [3.63, 3.8) is 0 Å². The predicted octanol–water partition coefficient (Wildman–Crippen LogP) is 1.70. The van der Waals surface area contributed by atoms with Crippen molar-refractivity contribution in [2.45, 2.75) is 58.3 Å². The van der Waals surface area contributed by atoms with E-state index in [1.807, 2.05) is 27.7 Å². The molecule has 3 rings (SSSR count). The molecule has 1 aromatic rings. The number of hydrogen-bond acceptors (Lipinski definition) is 7. The first kappa shape index (κ1) is 19.5. The topological polar surface area (TPSA) is 110 Å². The van der Waals surface area contributed by atoms with Crippen LogP contribution in [-0.4, -0.2) is 53.1 Å². The summed E-state index contributed by atoms with van der Waals surface area (Å²) in [6, 6.07) is -0.512. The monoisotopic (exact) mass is 378 g/mol. The van der Waals surface area contributed by atoms with Crippen LogP contribution in [0.3, 0.4) is 0 Å². The Labute approximate surface area is 160 Å². The Kier molecular flexibility index (Phi) is 4.88. The van der Waals surface area contributed by atoms with Gasteiger partial charge < -0.3 is 30.5 Å². The SMILES string of the molecule is C[C@H]1CN(c2c(N)cnc3c2CCO3)C[C@@H](NC(=O)OC(C)(C)C)[C@@]1(C)O. The third kappa shape index (κ3) is 3.90. The van der Waals surface area contributed by atoms with Gasteiger partial charge in [-0.15, -0.1) is 0 Å². The number of carbonyl (C=O) groups excluding carboxylic acids is 1. The third-order valence-electron chi connectivity index (χ3n) is 5.34. The zero-order chi connectivity index (χ0) is 20.0. The number of piperidine rings is 1. The number of nitrogens with two attached hydrogens (primary N) is 1. The Balaban J connectivity index is 1.86. The highest BCUT2D eigenvalue weighted by molar-refractivity contribution is 5.74. The van der Waals surface area contributed by atoms with Crippen LogP contribution in [0, 0.1) is 5.92 Å². The molecule has 2 aliphatic rings. The first-order valence-corrected chi connectivity index (χ1v) is 9.36. The molecule has 1 fully saturated rings. The molecular formula is C19H30N4O4. The van der Waals surface area contributed by atoms with Gasteiger partial charge in [0.15, 0.2) is 0 Å². The highest BCUT2D eigenvalue weighted by Gasteiger charge is 2.45. The van der Waals surface area contributed by atoms with Gasteiger partial charge >= 0.3 is 6.09 Å². The summed E-state index contributed by atoms with van der Waals surface area (Å²) in [6.07, 6.45) is 1.81. The number of ether oxygens (including phenoxy) is 2. The second-order valence-corrected chi connectivity index (χ2v) is 8.67. The van der Waals surface area contributed by atoms with Gasteiger partial charge in [-0.3, -0.25) is 0 Å². The quantitative estimate of drug-likeness (QED) is 0.718. The summed E-state index contributed by atoms with van der Waals surface area (Å²) >= 11 is 0. The van der Waals surface area contributed by atoms with Crippen LogP contribution >= 0.6 is 0 Å². The van der Waals surface area contributed by atoms with E-state index in [1.54, 1.807) is 13.1 Å². The van der Waals surface area contributed by atoms with Crippen molar-refractivity contribution in [3.05, 3.63) is 11.8 Å². The molecule has 150 valence electrons. The van der Waals surface area contributed by atoms with E-state index in [4.69, 9.17) is 15.2 Å². The fourth-order valence-corrected chi connectivity index (χ4v) is 3.68. The zero-order valence-electron chi connectivity index (χ0n) is 16.7. The van der Waals surface area contributed by atoms with Crippen LogP contribution in [0.5, 0.6) is 5.88 Å². The molecule has 2 aliphatic heterocycles. The van der Waals surface area contributed by atoms with E-state index in [0.717, 1.165) is 17.7 Å². The molecule has 1 amide bonds. The number of hydrogen-bond donors (Lipinski definition) is 3. The molecule has 4 N–H and O–H groups in total. The number of nitrogens with zero attached hydrogens (tertiary/aromatic N) is 2. The summed E-state index contributed by atoms with van der Waals surface area (Å²) in [5.74, 6) is 0.512. The van der Waals surface area contributed by atoms with E-state index in [0.29, 0.717) is 31.3 Å². The normalized spacial score (nSPS) is 27.7. The van der Waals surface area contributed by atoms with Gasteiger partial charge in [0, 0.05) is 31.0 Å². The molecular weight excluding hydrogens is 348 g/mol. The van der Waals surface area contributed by atoms with E-state index in [1.165, 1.54) is 0 Å². The molecule has 1 aromatic heterocycles. The van der Waals surface area contributed by atoms with Crippen molar-refractivity contribution in [2.24, 2.45) is 5.92 Å². The van der Waals surface area contributed by atoms with Crippen LogP contribution in [0.2, 0.25) is 0 Å². The largest absolute Gasteiger partial charge is 0.477 e. The Morgan fingerprint density at radius 3 is 2.85 bits per heavy atom. The maximum Gasteiger partial charge on any atom is 0.408 e. The Morgan fingerprint density at radius 1 is 1.48 bits per heavy atom. The molecule has 8 nitrogen and oxygen atoms in total. The lowest BCUT2D eigenvalue weighted by atomic mass is 9.79. The van der Waals surface area contributed by atoms with Crippen molar-refractivity contribution < 1.29 is 19.4 Å². The van der Waals surface area contributed by atoms with Crippen molar-refractivity contribution in [3.8, 4) is 5.88 Å². The van der Waals surface area contributed by atoms with E-state index >= 15 is 0 Å². The van der Waals surface area contributed by atoms with E-state index in [-0.39, 0.29) is 5.92 Å². The van der Waals surface area contributed by atoms with Crippen LogP contribution < -0.4 is 20.7 Å². The number of aromatic nitrogens is 1. The van der Waals surface area contributed by atoms with Crippen LogP contribution in [0.25, 0.3) is 0 Å². The lowest BCUT2D eigenvalue weighted by molar-refractivity contribution is -0.0405. The number of anilines is 2. The molecule has 0 saturated carbocycles. The maximum atomic E-state index is 12.3. The lowest BCUT2D eigenvalue weighted by Gasteiger charge is -2.48. The number of carbonyl (C=O) groups is 1. The molecule has 0 aromatic carbocycles. The minimum atomic E-state index is -1.07. The smallest absolute Gasteiger partial charge is 0.408 e. The fourth-order valence-electron chi connectivity index (χ4n) is 3.68. The Bertz CT molecular complexity index is 729. The summed E-state index contributed by atoms with van der Waals surface area (Å²) in [4.78, 5) is 18.7. The molecule has 0 aliphatic carbocycles. The molecule has 27 heavy (non-hydrogen) atoms. The van der Waals surface area contributed by atoms with Gasteiger partial charge in [-0.05, 0) is 27.7 Å². The van der Waals surface area contributed by atoms with Crippen molar-refractivity contribution in [2.75, 3.05) is 30.3 Å². The molecule has 0 spiro atoms. The highest BCUT2D eigenvalue weighted by Crippen LogP contribution is 2.40. The Hall–Kier alpha value is -2.22. The molecule has 3 heterocycles. The number of alkyl carbamates (subject to hydrolysis) is 1. The van der Waals surface area contributed by atoms with Crippen LogP contribution in [0.15, 0.2) is 6.20 Å². The van der Waals surface area contributed by atoms with E-state index in [9.17, 15) is 9.90 Å². The minimum Gasteiger partial charge on any atom is -0.477 e. The van der Waals surface area contributed by atoms with E-state index < -0.39 is 23.3 Å². The second-order valence-electron chi connectivity index (χ2n) is 8.67. The molecule has 0 radical (unpaired) electrons. The first-order valence-electron chi connectivity index (χ1n) is 9.36. The number of nitrogen functional groups attached to an aromatic ring is 1. The number of aliphatic hydroxyl groups is 1. The summed E-state index contributed by atoms with van der Waals surface area (Å²) in [7, 11) is 0. The molecule has 0 unspecified atom stereocenters.